The predicted molar refractivity (Wildman–Crippen MR) is 87.4 cm³/mol. The van der Waals surface area contributed by atoms with Crippen molar-refractivity contribution in [3.05, 3.63) is 35.4 Å². The lowest BCUT2D eigenvalue weighted by Crippen LogP contribution is -2.38. The second kappa shape index (κ2) is 9.78. The van der Waals surface area contributed by atoms with Crippen LogP contribution in [0, 0.1) is 6.92 Å². The van der Waals surface area contributed by atoms with E-state index in [0.717, 1.165) is 30.6 Å². The Morgan fingerprint density at radius 3 is 2.55 bits per heavy atom. The van der Waals surface area contributed by atoms with E-state index in [1.54, 1.807) is 0 Å². The number of nitrogens with two attached hydrogens (primary N) is 1. The van der Waals surface area contributed by atoms with Gasteiger partial charge in [-0.15, -0.1) is 0 Å². The summed E-state index contributed by atoms with van der Waals surface area (Å²) in [5.74, 6) is -0.111. The molecule has 22 heavy (non-hydrogen) atoms. The first-order chi connectivity index (χ1) is 10.5. The highest BCUT2D eigenvalue weighted by Gasteiger charge is 2.18. The zero-order valence-electron chi connectivity index (χ0n) is 13.3. The zero-order chi connectivity index (χ0) is 16.4. The molecule has 5 N–H and O–H groups in total. The molecule has 122 valence electrons. The van der Waals surface area contributed by atoms with Gasteiger partial charge in [0.25, 0.3) is 0 Å². The van der Waals surface area contributed by atoms with E-state index in [-0.39, 0.29) is 12.3 Å². The summed E-state index contributed by atoms with van der Waals surface area (Å²) in [7, 11) is 0. The third-order valence-electron chi connectivity index (χ3n) is 3.32. The number of primary amides is 1. The minimum Gasteiger partial charge on any atom is -0.355 e. The van der Waals surface area contributed by atoms with Gasteiger partial charge in [-0.1, -0.05) is 31.2 Å². The van der Waals surface area contributed by atoms with Crippen LogP contribution in [0.5, 0.6) is 0 Å². The fraction of sp³-hybridized carbons (Fsp3) is 0.500. The molecule has 0 saturated heterocycles. The molecule has 3 amide bonds. The lowest BCUT2D eigenvalue weighted by atomic mass is 9.98. The maximum atomic E-state index is 12.0. The third-order valence-corrected chi connectivity index (χ3v) is 3.32. The van der Waals surface area contributed by atoms with Gasteiger partial charge in [0, 0.05) is 13.1 Å². The van der Waals surface area contributed by atoms with Crippen LogP contribution in [0.25, 0.3) is 0 Å². The molecule has 6 heteroatoms. The Morgan fingerprint density at radius 2 is 1.91 bits per heavy atom. The summed E-state index contributed by atoms with van der Waals surface area (Å²) in [5.41, 5.74) is 7.14. The number of rotatable bonds is 9. The summed E-state index contributed by atoms with van der Waals surface area (Å²) in [6.45, 7) is 6.27. The fourth-order valence-electron chi connectivity index (χ4n) is 2.24. The van der Waals surface area contributed by atoms with Gasteiger partial charge in [-0.2, -0.15) is 0 Å². The SMILES string of the molecule is CCCNCCNC(=O)CC(NC(N)=O)c1ccccc1C. The number of nitrogens with one attached hydrogen (secondary N) is 3. The van der Waals surface area contributed by atoms with E-state index in [1.165, 1.54) is 0 Å². The van der Waals surface area contributed by atoms with Crippen molar-refractivity contribution < 1.29 is 9.59 Å². The Hall–Kier alpha value is -2.08. The normalized spacial score (nSPS) is 11.7. The van der Waals surface area contributed by atoms with Gasteiger partial charge in [-0.3, -0.25) is 4.79 Å². The first kappa shape index (κ1) is 18.0. The molecular formula is C16H26N4O2. The van der Waals surface area contributed by atoms with E-state index >= 15 is 0 Å². The molecule has 1 aromatic rings. The molecule has 0 saturated carbocycles. The van der Waals surface area contributed by atoms with Crippen LogP contribution >= 0.6 is 0 Å². The molecule has 0 heterocycles. The lowest BCUT2D eigenvalue weighted by molar-refractivity contribution is -0.121. The summed E-state index contributed by atoms with van der Waals surface area (Å²) in [5, 5.41) is 8.69. The number of aryl methyl sites for hydroxylation is 1. The minimum absolute atomic E-state index is 0.111. The number of carbonyl (C=O) groups excluding carboxylic acids is 2. The molecule has 0 fully saturated rings. The van der Waals surface area contributed by atoms with Crippen LogP contribution in [0.1, 0.15) is 36.9 Å². The zero-order valence-corrected chi connectivity index (χ0v) is 13.3. The smallest absolute Gasteiger partial charge is 0.312 e. The van der Waals surface area contributed by atoms with Crippen LogP contribution < -0.4 is 21.7 Å². The summed E-state index contributed by atoms with van der Waals surface area (Å²) in [6.07, 6.45) is 1.23. The largest absolute Gasteiger partial charge is 0.355 e. The topological polar surface area (TPSA) is 96.2 Å². The summed E-state index contributed by atoms with van der Waals surface area (Å²) in [4.78, 5) is 23.2. The van der Waals surface area contributed by atoms with E-state index in [1.807, 2.05) is 31.2 Å². The second-order valence-corrected chi connectivity index (χ2v) is 5.22. The van der Waals surface area contributed by atoms with Crippen molar-refractivity contribution in [3.8, 4) is 0 Å². The van der Waals surface area contributed by atoms with E-state index in [2.05, 4.69) is 22.9 Å². The maximum Gasteiger partial charge on any atom is 0.312 e. The van der Waals surface area contributed by atoms with Crippen molar-refractivity contribution in [1.82, 2.24) is 16.0 Å². The molecule has 0 radical (unpaired) electrons. The van der Waals surface area contributed by atoms with Crippen molar-refractivity contribution in [2.24, 2.45) is 5.73 Å². The molecule has 1 aromatic carbocycles. The Morgan fingerprint density at radius 1 is 1.18 bits per heavy atom. The molecule has 0 aromatic heterocycles. The van der Waals surface area contributed by atoms with E-state index in [9.17, 15) is 9.59 Å². The molecule has 0 aliphatic carbocycles. The first-order valence-electron chi connectivity index (χ1n) is 7.63. The van der Waals surface area contributed by atoms with Crippen LogP contribution in [0.15, 0.2) is 24.3 Å². The number of hydrogen-bond acceptors (Lipinski definition) is 3. The molecule has 1 atom stereocenters. The van der Waals surface area contributed by atoms with E-state index < -0.39 is 12.1 Å². The average Bonchev–Trinajstić information content (AvgIpc) is 2.46. The Balaban J connectivity index is 2.56. The van der Waals surface area contributed by atoms with Gasteiger partial charge in [0.15, 0.2) is 0 Å². The van der Waals surface area contributed by atoms with Crippen LogP contribution in [-0.2, 0) is 4.79 Å². The minimum atomic E-state index is -0.634. The van der Waals surface area contributed by atoms with Crippen molar-refractivity contribution in [2.75, 3.05) is 19.6 Å². The molecular weight excluding hydrogens is 280 g/mol. The Kier molecular flexibility index (Phi) is 7.99. The van der Waals surface area contributed by atoms with Gasteiger partial charge >= 0.3 is 6.03 Å². The van der Waals surface area contributed by atoms with Crippen molar-refractivity contribution in [3.63, 3.8) is 0 Å². The number of benzene rings is 1. The Bertz CT molecular complexity index is 491. The van der Waals surface area contributed by atoms with Gasteiger partial charge in [0.2, 0.25) is 5.91 Å². The monoisotopic (exact) mass is 306 g/mol. The number of urea groups is 1. The number of hydrogen-bond donors (Lipinski definition) is 4. The molecule has 0 aliphatic rings. The highest BCUT2D eigenvalue weighted by molar-refractivity contribution is 5.78. The van der Waals surface area contributed by atoms with E-state index in [0.29, 0.717) is 6.54 Å². The Labute approximate surface area is 131 Å². The molecule has 0 spiro atoms. The first-order valence-corrected chi connectivity index (χ1v) is 7.63. The van der Waals surface area contributed by atoms with Crippen LogP contribution in [0.2, 0.25) is 0 Å². The highest BCUT2D eigenvalue weighted by Crippen LogP contribution is 2.20. The number of amides is 3. The number of carbonyl (C=O) groups is 2. The van der Waals surface area contributed by atoms with Crippen molar-refractivity contribution in [1.29, 1.82) is 0 Å². The third kappa shape index (κ3) is 6.58. The summed E-state index contributed by atoms with van der Waals surface area (Å²) in [6, 6.07) is 6.58. The quantitative estimate of drug-likeness (QED) is 0.516. The fourth-order valence-corrected chi connectivity index (χ4v) is 2.24. The molecule has 1 unspecified atom stereocenters. The van der Waals surface area contributed by atoms with E-state index in [4.69, 9.17) is 5.73 Å². The lowest BCUT2D eigenvalue weighted by Gasteiger charge is -2.19. The van der Waals surface area contributed by atoms with Crippen molar-refractivity contribution in [2.45, 2.75) is 32.7 Å². The van der Waals surface area contributed by atoms with Crippen LogP contribution in [0.4, 0.5) is 4.79 Å². The standard InChI is InChI=1S/C16H26N4O2/c1-3-8-18-9-10-19-15(21)11-14(20-16(17)22)13-7-5-4-6-12(13)2/h4-7,14,18H,3,8-11H2,1-2H3,(H,19,21)(H3,17,20,22). The van der Waals surface area contributed by atoms with Crippen LogP contribution in [0.3, 0.4) is 0 Å². The van der Waals surface area contributed by atoms with Crippen molar-refractivity contribution >= 4 is 11.9 Å². The van der Waals surface area contributed by atoms with Gasteiger partial charge < -0.3 is 21.7 Å². The van der Waals surface area contributed by atoms with Crippen LogP contribution in [-0.4, -0.2) is 31.6 Å². The predicted octanol–water partition coefficient (Wildman–Crippen LogP) is 1.21. The van der Waals surface area contributed by atoms with Gasteiger partial charge in [-0.25, -0.2) is 4.79 Å². The average molecular weight is 306 g/mol. The van der Waals surface area contributed by atoms with Gasteiger partial charge in [0.05, 0.1) is 12.5 Å². The van der Waals surface area contributed by atoms with Gasteiger partial charge in [0.1, 0.15) is 0 Å². The van der Waals surface area contributed by atoms with Gasteiger partial charge in [-0.05, 0) is 31.0 Å². The molecule has 1 rings (SSSR count). The highest BCUT2D eigenvalue weighted by atomic mass is 16.2. The summed E-state index contributed by atoms with van der Waals surface area (Å²) < 4.78 is 0. The second-order valence-electron chi connectivity index (χ2n) is 5.22. The summed E-state index contributed by atoms with van der Waals surface area (Å²) >= 11 is 0. The maximum absolute atomic E-state index is 12.0. The molecule has 6 nitrogen and oxygen atoms in total. The molecule has 0 bridgehead atoms. The molecule has 0 aliphatic heterocycles.